The molecule has 0 aromatic carbocycles. The van der Waals surface area contributed by atoms with Gasteiger partial charge < -0.3 is 15.2 Å². The Morgan fingerprint density at radius 2 is 2.05 bits per heavy atom. The van der Waals surface area contributed by atoms with Gasteiger partial charge in [0, 0.05) is 19.4 Å². The maximum Gasteiger partial charge on any atom is 0.252 e. The van der Waals surface area contributed by atoms with Crippen LogP contribution in [0.2, 0.25) is 0 Å². The fourth-order valence-corrected chi connectivity index (χ4v) is 2.79. The highest BCUT2D eigenvalue weighted by Crippen LogP contribution is 2.36. The standard InChI is InChI=1S/C14H24N4O2.ClH/c1-10(15-3)9-12-16-13(20-18-12)14(17-11(2)19)7-5-4-6-8-14;/h10,15H,4-9H2,1-3H3,(H,17,19);1H. The minimum Gasteiger partial charge on any atom is -0.342 e. The molecule has 21 heavy (non-hydrogen) atoms. The second kappa shape index (κ2) is 7.75. The van der Waals surface area contributed by atoms with Crippen molar-refractivity contribution in [3.8, 4) is 0 Å². The number of carbonyl (C=O) groups excluding carboxylic acids is 1. The summed E-state index contributed by atoms with van der Waals surface area (Å²) in [5.74, 6) is 1.21. The lowest BCUT2D eigenvalue weighted by atomic mass is 9.81. The molecule has 0 radical (unpaired) electrons. The average molecular weight is 317 g/mol. The van der Waals surface area contributed by atoms with Gasteiger partial charge in [-0.1, -0.05) is 24.4 Å². The van der Waals surface area contributed by atoms with Gasteiger partial charge in [-0.3, -0.25) is 4.79 Å². The van der Waals surface area contributed by atoms with Crippen molar-refractivity contribution in [1.82, 2.24) is 20.8 Å². The van der Waals surface area contributed by atoms with Crippen molar-refractivity contribution in [2.24, 2.45) is 0 Å². The summed E-state index contributed by atoms with van der Waals surface area (Å²) in [5, 5.41) is 10.2. The summed E-state index contributed by atoms with van der Waals surface area (Å²) in [7, 11) is 1.91. The summed E-state index contributed by atoms with van der Waals surface area (Å²) < 4.78 is 5.45. The van der Waals surface area contributed by atoms with Gasteiger partial charge in [-0.05, 0) is 26.8 Å². The van der Waals surface area contributed by atoms with Gasteiger partial charge in [-0.2, -0.15) is 4.98 Å². The summed E-state index contributed by atoms with van der Waals surface area (Å²) in [6.07, 6.45) is 5.80. The molecular formula is C14H25ClN4O2. The SMILES string of the molecule is CNC(C)Cc1noc(C2(NC(C)=O)CCCCC2)n1.Cl. The third-order valence-corrected chi connectivity index (χ3v) is 3.98. The van der Waals surface area contributed by atoms with Crippen LogP contribution in [0.5, 0.6) is 0 Å². The van der Waals surface area contributed by atoms with Crippen LogP contribution in [0.15, 0.2) is 4.52 Å². The normalized spacial score (nSPS) is 18.6. The summed E-state index contributed by atoms with van der Waals surface area (Å²) in [5.41, 5.74) is -0.460. The second-order valence-electron chi connectivity index (χ2n) is 5.73. The quantitative estimate of drug-likeness (QED) is 0.867. The topological polar surface area (TPSA) is 80.0 Å². The molecule has 1 aromatic rings. The van der Waals surface area contributed by atoms with Crippen LogP contribution in [0.1, 0.15) is 57.7 Å². The first-order valence-electron chi connectivity index (χ1n) is 7.35. The van der Waals surface area contributed by atoms with Crippen LogP contribution in [-0.4, -0.2) is 29.1 Å². The van der Waals surface area contributed by atoms with E-state index in [0.717, 1.165) is 32.1 Å². The third-order valence-electron chi connectivity index (χ3n) is 3.98. The molecule has 0 spiro atoms. The van der Waals surface area contributed by atoms with Crippen molar-refractivity contribution in [2.45, 2.75) is 64.0 Å². The van der Waals surface area contributed by atoms with E-state index in [0.29, 0.717) is 17.8 Å². The Bertz CT molecular complexity index is 458. The van der Waals surface area contributed by atoms with Gasteiger partial charge in [-0.15, -0.1) is 12.4 Å². The molecule has 1 heterocycles. The van der Waals surface area contributed by atoms with E-state index in [1.165, 1.54) is 13.3 Å². The van der Waals surface area contributed by atoms with Gasteiger partial charge in [0.05, 0.1) is 0 Å². The average Bonchev–Trinajstić information content (AvgIpc) is 2.88. The van der Waals surface area contributed by atoms with Crippen molar-refractivity contribution in [1.29, 1.82) is 0 Å². The van der Waals surface area contributed by atoms with E-state index in [-0.39, 0.29) is 18.3 Å². The Morgan fingerprint density at radius 1 is 1.38 bits per heavy atom. The number of hydrogen-bond acceptors (Lipinski definition) is 5. The fraction of sp³-hybridized carbons (Fsp3) is 0.786. The molecule has 1 fully saturated rings. The summed E-state index contributed by atoms with van der Waals surface area (Å²) >= 11 is 0. The third kappa shape index (κ3) is 4.41. The molecule has 6 nitrogen and oxygen atoms in total. The number of halogens is 1. The highest BCUT2D eigenvalue weighted by atomic mass is 35.5. The Morgan fingerprint density at radius 3 is 2.62 bits per heavy atom. The lowest BCUT2D eigenvalue weighted by Gasteiger charge is -2.34. The largest absolute Gasteiger partial charge is 0.342 e. The van der Waals surface area contributed by atoms with Crippen molar-refractivity contribution in [3.05, 3.63) is 11.7 Å². The number of nitrogens with zero attached hydrogens (tertiary/aromatic N) is 2. The van der Waals surface area contributed by atoms with E-state index in [9.17, 15) is 4.79 Å². The highest BCUT2D eigenvalue weighted by Gasteiger charge is 2.40. The van der Waals surface area contributed by atoms with Crippen LogP contribution in [-0.2, 0) is 16.8 Å². The number of rotatable bonds is 5. The minimum absolute atomic E-state index is 0. The van der Waals surface area contributed by atoms with Crippen LogP contribution < -0.4 is 10.6 Å². The lowest BCUT2D eigenvalue weighted by Crippen LogP contribution is -2.46. The summed E-state index contributed by atoms with van der Waals surface area (Å²) in [6, 6.07) is 0.295. The highest BCUT2D eigenvalue weighted by molar-refractivity contribution is 5.85. The van der Waals surface area contributed by atoms with Crippen molar-refractivity contribution >= 4 is 18.3 Å². The first-order valence-corrected chi connectivity index (χ1v) is 7.35. The maximum atomic E-state index is 11.5. The maximum absolute atomic E-state index is 11.5. The molecule has 1 aliphatic carbocycles. The lowest BCUT2D eigenvalue weighted by molar-refractivity contribution is -0.121. The summed E-state index contributed by atoms with van der Waals surface area (Å²) in [4.78, 5) is 16.0. The van der Waals surface area contributed by atoms with Crippen LogP contribution in [0.4, 0.5) is 0 Å². The first kappa shape index (κ1) is 17.9. The molecule has 7 heteroatoms. The molecule has 1 amide bonds. The van der Waals surface area contributed by atoms with Crippen LogP contribution in [0.25, 0.3) is 0 Å². The smallest absolute Gasteiger partial charge is 0.252 e. The van der Waals surface area contributed by atoms with Crippen molar-refractivity contribution in [3.63, 3.8) is 0 Å². The predicted molar refractivity (Wildman–Crippen MR) is 82.4 cm³/mol. The number of hydrogen-bond donors (Lipinski definition) is 2. The van der Waals surface area contributed by atoms with E-state index < -0.39 is 5.54 Å². The summed E-state index contributed by atoms with van der Waals surface area (Å²) in [6.45, 7) is 3.61. The minimum atomic E-state index is -0.460. The van der Waals surface area contributed by atoms with Gasteiger partial charge in [0.25, 0.3) is 5.89 Å². The molecule has 0 saturated heterocycles. The van der Waals surface area contributed by atoms with E-state index in [1.807, 2.05) is 7.05 Å². The molecule has 1 aliphatic rings. The Kier molecular flexibility index (Phi) is 6.61. The zero-order chi connectivity index (χ0) is 14.6. The number of likely N-dealkylation sites (N-methyl/N-ethyl adjacent to an activating group) is 1. The van der Waals surface area contributed by atoms with Gasteiger partial charge in [0.2, 0.25) is 5.91 Å². The Hall–Kier alpha value is -1.14. The van der Waals surface area contributed by atoms with E-state index in [2.05, 4.69) is 27.7 Å². The fourth-order valence-electron chi connectivity index (χ4n) is 2.79. The number of carbonyl (C=O) groups is 1. The second-order valence-corrected chi connectivity index (χ2v) is 5.73. The monoisotopic (exact) mass is 316 g/mol. The van der Waals surface area contributed by atoms with Gasteiger partial charge in [0.15, 0.2) is 5.82 Å². The zero-order valence-corrected chi connectivity index (χ0v) is 13.8. The van der Waals surface area contributed by atoms with Gasteiger partial charge >= 0.3 is 0 Å². The molecule has 0 bridgehead atoms. The molecule has 0 aliphatic heterocycles. The molecule has 1 unspecified atom stereocenters. The van der Waals surface area contributed by atoms with Crippen LogP contribution >= 0.6 is 12.4 Å². The van der Waals surface area contributed by atoms with Gasteiger partial charge in [-0.25, -0.2) is 0 Å². The number of nitrogens with one attached hydrogen (secondary N) is 2. The molecule has 2 N–H and O–H groups in total. The molecule has 1 atom stereocenters. The Balaban J connectivity index is 0.00000220. The number of aromatic nitrogens is 2. The van der Waals surface area contributed by atoms with Crippen molar-refractivity contribution in [2.75, 3.05) is 7.05 Å². The van der Waals surface area contributed by atoms with Gasteiger partial charge in [0.1, 0.15) is 5.54 Å². The molecule has 1 aromatic heterocycles. The molecule has 1 saturated carbocycles. The van der Waals surface area contributed by atoms with E-state index in [1.54, 1.807) is 0 Å². The van der Waals surface area contributed by atoms with Crippen molar-refractivity contribution < 1.29 is 9.32 Å². The number of amides is 1. The van der Waals surface area contributed by atoms with E-state index >= 15 is 0 Å². The van der Waals surface area contributed by atoms with Crippen LogP contribution in [0.3, 0.4) is 0 Å². The molecule has 2 rings (SSSR count). The Labute approximate surface area is 131 Å². The predicted octanol–water partition coefficient (Wildman–Crippen LogP) is 1.94. The first-order chi connectivity index (χ1) is 9.55. The molecular weight excluding hydrogens is 292 g/mol. The van der Waals surface area contributed by atoms with E-state index in [4.69, 9.17) is 4.52 Å². The molecule has 120 valence electrons. The zero-order valence-electron chi connectivity index (χ0n) is 12.9. The van der Waals surface area contributed by atoms with Crippen LogP contribution in [0, 0.1) is 0 Å².